The van der Waals surface area contributed by atoms with Gasteiger partial charge in [0.15, 0.2) is 0 Å². The minimum Gasteiger partial charge on any atom is -0.197 e. The Morgan fingerprint density at radius 1 is 0.750 bits per heavy atom. The molecule has 0 fully saturated rings. The summed E-state index contributed by atoms with van der Waals surface area (Å²) in [6, 6.07) is 16.3. The molecule has 0 atom stereocenters. The average Bonchev–Trinajstić information content (AvgIpc) is 2.77. The van der Waals surface area contributed by atoms with E-state index in [1.165, 1.54) is 5.56 Å². The van der Waals surface area contributed by atoms with Crippen molar-refractivity contribution in [3.05, 3.63) is 48.5 Å². The maximum absolute atomic E-state index is 4.07. The summed E-state index contributed by atoms with van der Waals surface area (Å²) in [6.07, 6.45) is 0. The van der Waals surface area contributed by atoms with Crippen molar-refractivity contribution in [3.8, 4) is 11.1 Å². The van der Waals surface area contributed by atoms with Crippen LogP contribution >= 0.6 is 0 Å². The van der Waals surface area contributed by atoms with Gasteiger partial charge in [-0.15, -0.1) is 0 Å². The second-order valence-electron chi connectivity index (χ2n) is 3.39. The standard InChI is InChI=1S/C12H9N3.Ag/c1-2-4-9(5-3-1)10-6-7-11-12(8-10)14-15-13-11;/h1-8H,(H,13,14,15);. The number of H-pyrrole nitrogens is 1. The van der Waals surface area contributed by atoms with Gasteiger partial charge in [-0.3, -0.25) is 0 Å². The Balaban J connectivity index is 0.000000963. The SMILES string of the molecule is [Ag].c1ccc(-c2ccc3n[nH]nc3c2)cc1. The summed E-state index contributed by atoms with van der Waals surface area (Å²) in [5.74, 6) is 0. The van der Waals surface area contributed by atoms with Gasteiger partial charge < -0.3 is 0 Å². The number of nitrogens with zero attached hydrogens (tertiary/aromatic N) is 2. The zero-order valence-electron chi connectivity index (χ0n) is 8.31. The van der Waals surface area contributed by atoms with Gasteiger partial charge in [-0.05, 0) is 23.3 Å². The van der Waals surface area contributed by atoms with Crippen LogP contribution < -0.4 is 0 Å². The Hall–Kier alpha value is -1.42. The Labute approximate surface area is 108 Å². The van der Waals surface area contributed by atoms with Gasteiger partial charge in [-0.25, -0.2) is 0 Å². The fraction of sp³-hybridized carbons (Fsp3) is 0. The predicted octanol–water partition coefficient (Wildman–Crippen LogP) is 2.62. The summed E-state index contributed by atoms with van der Waals surface area (Å²) in [7, 11) is 0. The van der Waals surface area contributed by atoms with Crippen LogP contribution in [-0.2, 0) is 22.4 Å². The second kappa shape index (κ2) is 4.62. The molecule has 3 nitrogen and oxygen atoms in total. The molecule has 0 unspecified atom stereocenters. The largest absolute Gasteiger partial charge is 0.197 e. The topological polar surface area (TPSA) is 41.6 Å². The van der Waals surface area contributed by atoms with Gasteiger partial charge in [-0.1, -0.05) is 36.4 Å². The molecule has 3 aromatic rings. The Morgan fingerprint density at radius 2 is 1.50 bits per heavy atom. The minimum atomic E-state index is 0. The quantitative estimate of drug-likeness (QED) is 0.702. The predicted molar refractivity (Wildman–Crippen MR) is 59.3 cm³/mol. The maximum atomic E-state index is 4.07. The van der Waals surface area contributed by atoms with Crippen LogP contribution in [-0.4, -0.2) is 15.4 Å². The van der Waals surface area contributed by atoms with Crippen molar-refractivity contribution < 1.29 is 22.4 Å². The summed E-state index contributed by atoms with van der Waals surface area (Å²) in [5.41, 5.74) is 4.16. The van der Waals surface area contributed by atoms with E-state index in [0.29, 0.717) is 0 Å². The van der Waals surface area contributed by atoms with Crippen LogP contribution in [0.5, 0.6) is 0 Å². The number of hydrogen-bond acceptors (Lipinski definition) is 2. The molecule has 3 rings (SSSR count). The number of fused-ring (bicyclic) bond motifs is 1. The van der Waals surface area contributed by atoms with Crippen molar-refractivity contribution in [2.24, 2.45) is 0 Å². The molecule has 0 spiro atoms. The van der Waals surface area contributed by atoms with Gasteiger partial charge in [0.05, 0.1) is 0 Å². The molecule has 0 saturated carbocycles. The average molecular weight is 303 g/mol. The van der Waals surface area contributed by atoms with Gasteiger partial charge in [0, 0.05) is 22.4 Å². The first-order valence-corrected chi connectivity index (χ1v) is 4.79. The monoisotopic (exact) mass is 302 g/mol. The van der Waals surface area contributed by atoms with E-state index in [1.54, 1.807) is 0 Å². The molecular weight excluding hydrogens is 294 g/mol. The van der Waals surface area contributed by atoms with E-state index in [-0.39, 0.29) is 22.4 Å². The molecule has 0 amide bonds. The van der Waals surface area contributed by atoms with Crippen molar-refractivity contribution in [3.63, 3.8) is 0 Å². The summed E-state index contributed by atoms with van der Waals surface area (Å²) in [6.45, 7) is 0. The number of rotatable bonds is 1. The van der Waals surface area contributed by atoms with Crippen LogP contribution in [0.25, 0.3) is 22.2 Å². The number of aromatic nitrogens is 3. The van der Waals surface area contributed by atoms with Crippen molar-refractivity contribution in [2.75, 3.05) is 0 Å². The number of benzene rings is 2. The molecule has 1 heterocycles. The van der Waals surface area contributed by atoms with Crippen LogP contribution in [0.2, 0.25) is 0 Å². The van der Waals surface area contributed by atoms with E-state index < -0.39 is 0 Å². The Bertz CT molecular complexity index is 589. The molecule has 1 N–H and O–H groups in total. The van der Waals surface area contributed by atoms with Crippen LogP contribution in [0, 0.1) is 0 Å². The molecule has 83 valence electrons. The number of nitrogens with one attached hydrogen (secondary N) is 1. The molecule has 4 heteroatoms. The van der Waals surface area contributed by atoms with E-state index in [0.717, 1.165) is 16.6 Å². The van der Waals surface area contributed by atoms with Crippen molar-refractivity contribution >= 4 is 11.0 Å². The zero-order valence-corrected chi connectivity index (χ0v) is 9.80. The number of hydrogen-bond donors (Lipinski definition) is 1. The third kappa shape index (κ3) is 1.93. The molecule has 0 bridgehead atoms. The van der Waals surface area contributed by atoms with E-state index >= 15 is 0 Å². The summed E-state index contributed by atoms with van der Waals surface area (Å²) >= 11 is 0. The molecule has 2 aromatic carbocycles. The molecule has 1 aromatic heterocycles. The van der Waals surface area contributed by atoms with Crippen LogP contribution in [0.15, 0.2) is 48.5 Å². The first-order valence-electron chi connectivity index (χ1n) is 4.79. The van der Waals surface area contributed by atoms with Crippen LogP contribution in [0.1, 0.15) is 0 Å². The molecule has 16 heavy (non-hydrogen) atoms. The van der Waals surface area contributed by atoms with Gasteiger partial charge in [0.25, 0.3) is 0 Å². The van der Waals surface area contributed by atoms with Gasteiger partial charge >= 0.3 is 0 Å². The minimum absolute atomic E-state index is 0. The van der Waals surface area contributed by atoms with E-state index in [1.807, 2.05) is 30.3 Å². The third-order valence-electron chi connectivity index (χ3n) is 2.42. The molecule has 0 saturated heterocycles. The summed E-state index contributed by atoms with van der Waals surface area (Å²) in [5, 5.41) is 10.7. The number of aromatic amines is 1. The summed E-state index contributed by atoms with van der Waals surface area (Å²) < 4.78 is 0. The van der Waals surface area contributed by atoms with Gasteiger partial charge in [-0.2, -0.15) is 15.4 Å². The molecule has 1 radical (unpaired) electrons. The molecule has 0 aliphatic carbocycles. The van der Waals surface area contributed by atoms with Gasteiger partial charge in [0.1, 0.15) is 11.0 Å². The van der Waals surface area contributed by atoms with E-state index in [4.69, 9.17) is 0 Å². The summed E-state index contributed by atoms with van der Waals surface area (Å²) in [4.78, 5) is 0. The second-order valence-corrected chi connectivity index (χ2v) is 3.39. The van der Waals surface area contributed by atoms with Crippen molar-refractivity contribution in [1.29, 1.82) is 0 Å². The molecule has 0 aliphatic heterocycles. The normalized spacial score (nSPS) is 10.0. The third-order valence-corrected chi connectivity index (χ3v) is 2.42. The molecular formula is C12H9AgN3. The van der Waals surface area contributed by atoms with Gasteiger partial charge in [0.2, 0.25) is 0 Å². The van der Waals surface area contributed by atoms with Crippen molar-refractivity contribution in [2.45, 2.75) is 0 Å². The van der Waals surface area contributed by atoms with E-state index in [9.17, 15) is 0 Å². The van der Waals surface area contributed by atoms with Crippen molar-refractivity contribution in [1.82, 2.24) is 15.4 Å². The Morgan fingerprint density at radius 3 is 2.31 bits per heavy atom. The van der Waals surface area contributed by atoms with Crippen LogP contribution in [0.4, 0.5) is 0 Å². The Kier molecular flexibility index (Phi) is 3.20. The smallest absolute Gasteiger partial charge is 0.113 e. The maximum Gasteiger partial charge on any atom is 0.113 e. The van der Waals surface area contributed by atoms with Crippen LogP contribution in [0.3, 0.4) is 0 Å². The first-order chi connectivity index (χ1) is 7.43. The fourth-order valence-corrected chi connectivity index (χ4v) is 1.65. The van der Waals surface area contributed by atoms with E-state index in [2.05, 4.69) is 33.6 Å². The zero-order chi connectivity index (χ0) is 10.1. The molecule has 0 aliphatic rings. The fourth-order valence-electron chi connectivity index (χ4n) is 1.65. The first kappa shape index (κ1) is 11.1.